The molecule has 0 unspecified atom stereocenters. The third-order valence-electron chi connectivity index (χ3n) is 4.98. The zero-order valence-corrected chi connectivity index (χ0v) is 14.3. The second-order valence-electron chi connectivity index (χ2n) is 6.51. The first-order chi connectivity index (χ1) is 12.2. The predicted molar refractivity (Wildman–Crippen MR) is 93.9 cm³/mol. The number of amides is 1. The molecule has 2 aromatic heterocycles. The van der Waals surface area contributed by atoms with E-state index in [1.54, 1.807) is 18.5 Å². The van der Waals surface area contributed by atoms with Crippen LogP contribution in [0.15, 0.2) is 59.7 Å². The van der Waals surface area contributed by atoms with Gasteiger partial charge in [-0.15, -0.1) is 0 Å². The molecule has 128 valence electrons. The Morgan fingerprint density at radius 1 is 1.36 bits per heavy atom. The molecule has 0 fully saturated rings. The summed E-state index contributed by atoms with van der Waals surface area (Å²) in [6.45, 7) is 0.479. The van der Waals surface area contributed by atoms with Crippen LogP contribution in [0.4, 0.5) is 0 Å². The van der Waals surface area contributed by atoms with Crippen molar-refractivity contribution in [3.63, 3.8) is 0 Å². The fourth-order valence-electron chi connectivity index (χ4n) is 3.63. The lowest BCUT2D eigenvalue weighted by Gasteiger charge is -2.35. The number of hydrogen-bond donors (Lipinski definition) is 0. The third kappa shape index (κ3) is 2.97. The van der Waals surface area contributed by atoms with E-state index < -0.39 is 0 Å². The summed E-state index contributed by atoms with van der Waals surface area (Å²) in [5, 5.41) is 0. The molecule has 0 N–H and O–H groups in total. The van der Waals surface area contributed by atoms with E-state index in [1.165, 1.54) is 17.4 Å². The van der Waals surface area contributed by atoms with Gasteiger partial charge in [-0.2, -0.15) is 0 Å². The van der Waals surface area contributed by atoms with Crippen LogP contribution in [0.25, 0.3) is 0 Å². The number of rotatable bonds is 4. The molecule has 0 saturated carbocycles. The molecule has 1 aliphatic carbocycles. The molecule has 4 rings (SSSR count). The van der Waals surface area contributed by atoms with Crippen LogP contribution in [0.5, 0.6) is 0 Å². The van der Waals surface area contributed by atoms with Crippen LogP contribution in [0.2, 0.25) is 0 Å². The minimum Gasteiger partial charge on any atom is -0.472 e. The van der Waals surface area contributed by atoms with Crippen LogP contribution in [-0.4, -0.2) is 20.4 Å². The van der Waals surface area contributed by atoms with Crippen molar-refractivity contribution in [1.29, 1.82) is 0 Å². The first kappa shape index (κ1) is 15.7. The topological polar surface area (TPSA) is 51.3 Å². The maximum absolute atomic E-state index is 13.2. The van der Waals surface area contributed by atoms with Gasteiger partial charge in [0.1, 0.15) is 12.1 Å². The largest absolute Gasteiger partial charge is 0.472 e. The Morgan fingerprint density at radius 3 is 3.00 bits per heavy atom. The number of furan rings is 1. The van der Waals surface area contributed by atoms with Crippen molar-refractivity contribution < 1.29 is 9.21 Å². The minimum absolute atomic E-state index is 0.0153. The van der Waals surface area contributed by atoms with Gasteiger partial charge in [0.05, 0.1) is 24.4 Å². The molecule has 0 saturated heterocycles. The van der Waals surface area contributed by atoms with Crippen molar-refractivity contribution in [3.8, 4) is 0 Å². The van der Waals surface area contributed by atoms with E-state index in [4.69, 9.17) is 4.42 Å². The Kier molecular flexibility index (Phi) is 4.14. The average Bonchev–Trinajstić information content (AvgIpc) is 3.31. The number of nitrogens with zero attached hydrogens (tertiary/aromatic N) is 3. The second-order valence-corrected chi connectivity index (χ2v) is 6.51. The molecule has 1 amide bonds. The van der Waals surface area contributed by atoms with Crippen molar-refractivity contribution in [2.75, 3.05) is 0 Å². The number of carbonyl (C=O) groups is 1. The van der Waals surface area contributed by atoms with Crippen molar-refractivity contribution in [2.24, 2.45) is 7.05 Å². The molecule has 1 atom stereocenters. The first-order valence-electron chi connectivity index (χ1n) is 8.61. The van der Waals surface area contributed by atoms with E-state index >= 15 is 0 Å². The Hall–Kier alpha value is -2.82. The van der Waals surface area contributed by atoms with E-state index in [2.05, 4.69) is 29.2 Å². The van der Waals surface area contributed by atoms with Crippen LogP contribution in [-0.2, 0) is 20.0 Å². The number of carbonyl (C=O) groups excluding carboxylic acids is 1. The summed E-state index contributed by atoms with van der Waals surface area (Å²) in [5.74, 6) is 0.860. The molecule has 5 nitrogen and oxygen atoms in total. The fourth-order valence-corrected chi connectivity index (χ4v) is 3.63. The number of aryl methyl sites for hydroxylation is 2. The number of hydrogen-bond acceptors (Lipinski definition) is 3. The minimum atomic E-state index is -0.0153. The molecule has 3 aromatic rings. The Balaban J connectivity index is 1.73. The van der Waals surface area contributed by atoms with Gasteiger partial charge in [-0.3, -0.25) is 4.79 Å². The highest BCUT2D eigenvalue weighted by Gasteiger charge is 2.31. The zero-order valence-electron chi connectivity index (χ0n) is 14.3. The van der Waals surface area contributed by atoms with Gasteiger partial charge in [-0.25, -0.2) is 4.98 Å². The van der Waals surface area contributed by atoms with Gasteiger partial charge in [0.2, 0.25) is 0 Å². The Labute approximate surface area is 146 Å². The van der Waals surface area contributed by atoms with E-state index in [-0.39, 0.29) is 11.9 Å². The maximum atomic E-state index is 13.2. The number of imidazole rings is 1. The summed E-state index contributed by atoms with van der Waals surface area (Å²) in [7, 11) is 1.96. The molecule has 0 bridgehead atoms. The van der Waals surface area contributed by atoms with Gasteiger partial charge in [0, 0.05) is 19.4 Å². The molecule has 0 spiro atoms. The van der Waals surface area contributed by atoms with Crippen molar-refractivity contribution >= 4 is 5.91 Å². The molecular formula is C20H21N3O2. The molecule has 5 heteroatoms. The number of benzene rings is 1. The van der Waals surface area contributed by atoms with Gasteiger partial charge >= 0.3 is 0 Å². The highest BCUT2D eigenvalue weighted by molar-refractivity contribution is 5.94. The molecule has 0 radical (unpaired) electrons. The highest BCUT2D eigenvalue weighted by Crippen LogP contribution is 2.35. The lowest BCUT2D eigenvalue weighted by molar-refractivity contribution is 0.0629. The van der Waals surface area contributed by atoms with Crippen LogP contribution >= 0.6 is 0 Å². The van der Waals surface area contributed by atoms with Crippen LogP contribution in [0, 0.1) is 0 Å². The summed E-state index contributed by atoms with van der Waals surface area (Å²) in [6, 6.07) is 10.2. The SMILES string of the molecule is Cn1ccnc1CN(C(=O)c1ccoc1)[C@H]1CCCc2ccccc21. The normalized spacial score (nSPS) is 16.4. The quantitative estimate of drug-likeness (QED) is 0.730. The second kappa shape index (κ2) is 6.59. The molecule has 1 aliphatic rings. The fraction of sp³-hybridized carbons (Fsp3) is 0.300. The van der Waals surface area contributed by atoms with Crippen molar-refractivity contribution in [2.45, 2.75) is 31.8 Å². The molecule has 1 aromatic carbocycles. The third-order valence-corrected chi connectivity index (χ3v) is 4.98. The van der Waals surface area contributed by atoms with Gasteiger partial charge in [-0.1, -0.05) is 24.3 Å². The van der Waals surface area contributed by atoms with Crippen LogP contribution in [0.1, 0.15) is 46.2 Å². The summed E-state index contributed by atoms with van der Waals surface area (Å²) < 4.78 is 7.10. The Morgan fingerprint density at radius 2 is 2.24 bits per heavy atom. The summed E-state index contributed by atoms with van der Waals surface area (Å²) in [4.78, 5) is 19.5. The van der Waals surface area contributed by atoms with Gasteiger partial charge in [0.15, 0.2) is 0 Å². The van der Waals surface area contributed by atoms with E-state index in [1.807, 2.05) is 22.7 Å². The van der Waals surface area contributed by atoms with Gasteiger partial charge < -0.3 is 13.9 Å². The van der Waals surface area contributed by atoms with E-state index in [0.29, 0.717) is 12.1 Å². The highest BCUT2D eigenvalue weighted by atomic mass is 16.3. The lowest BCUT2D eigenvalue weighted by atomic mass is 9.86. The number of fused-ring (bicyclic) bond motifs is 1. The van der Waals surface area contributed by atoms with Crippen LogP contribution < -0.4 is 0 Å². The Bertz CT molecular complexity index is 867. The van der Waals surface area contributed by atoms with Gasteiger partial charge in [0.25, 0.3) is 5.91 Å². The predicted octanol–water partition coefficient (Wildman–Crippen LogP) is 3.73. The van der Waals surface area contributed by atoms with Crippen molar-refractivity contribution in [1.82, 2.24) is 14.5 Å². The smallest absolute Gasteiger partial charge is 0.258 e. The summed E-state index contributed by atoms with van der Waals surface area (Å²) >= 11 is 0. The van der Waals surface area contributed by atoms with E-state index in [9.17, 15) is 4.79 Å². The molecular weight excluding hydrogens is 314 g/mol. The van der Waals surface area contributed by atoms with Gasteiger partial charge in [-0.05, 0) is 36.5 Å². The monoisotopic (exact) mass is 335 g/mol. The average molecular weight is 335 g/mol. The van der Waals surface area contributed by atoms with Crippen molar-refractivity contribution in [3.05, 3.63) is 77.8 Å². The summed E-state index contributed by atoms with van der Waals surface area (Å²) in [5.41, 5.74) is 3.17. The lowest BCUT2D eigenvalue weighted by Crippen LogP contribution is -2.36. The summed E-state index contributed by atoms with van der Waals surface area (Å²) in [6.07, 6.45) is 9.85. The molecule has 2 heterocycles. The molecule has 25 heavy (non-hydrogen) atoms. The van der Waals surface area contributed by atoms with E-state index in [0.717, 1.165) is 25.1 Å². The standard InChI is InChI=1S/C20H21N3O2/c1-22-11-10-21-19(22)13-23(20(24)16-9-12-25-14-16)18-8-4-6-15-5-2-3-7-17(15)18/h2-3,5,7,9-12,14,18H,4,6,8,13H2,1H3/t18-/m0/s1. The first-order valence-corrected chi connectivity index (χ1v) is 8.61. The van der Waals surface area contributed by atoms with Crippen LogP contribution in [0.3, 0.4) is 0 Å². The molecule has 0 aliphatic heterocycles. The number of aromatic nitrogens is 2. The zero-order chi connectivity index (χ0) is 17.2. The maximum Gasteiger partial charge on any atom is 0.258 e.